The molecule has 0 aromatic heterocycles. The van der Waals surface area contributed by atoms with Gasteiger partial charge in [0, 0.05) is 15.1 Å². The quantitative estimate of drug-likeness (QED) is 0.783. The molecule has 1 unspecified atom stereocenters. The summed E-state index contributed by atoms with van der Waals surface area (Å²) in [5, 5.41) is 3.51. The number of thioether (sulfide) groups is 1. The number of rotatable bonds is 6. The van der Waals surface area contributed by atoms with Crippen molar-refractivity contribution in [3.8, 4) is 0 Å². The summed E-state index contributed by atoms with van der Waals surface area (Å²) < 4.78 is 6.91. The van der Waals surface area contributed by atoms with E-state index >= 15 is 0 Å². The van der Waals surface area contributed by atoms with E-state index < -0.39 is 0 Å². The van der Waals surface area contributed by atoms with Gasteiger partial charge < -0.3 is 10.1 Å². The highest BCUT2D eigenvalue weighted by Gasteiger charge is 2.17. The lowest BCUT2D eigenvalue weighted by Crippen LogP contribution is -2.34. The Balaban J connectivity index is 1.95. The molecule has 0 spiro atoms. The van der Waals surface area contributed by atoms with Crippen molar-refractivity contribution in [2.24, 2.45) is 0 Å². The van der Waals surface area contributed by atoms with Gasteiger partial charge in [0.15, 0.2) is 0 Å². The first-order valence-corrected chi connectivity index (χ1v) is 8.52. The van der Waals surface area contributed by atoms with Gasteiger partial charge in [-0.2, -0.15) is 0 Å². The summed E-state index contributed by atoms with van der Waals surface area (Å²) in [5.74, 6) is 2.12. The van der Waals surface area contributed by atoms with Crippen LogP contribution in [0.15, 0.2) is 45.5 Å². The van der Waals surface area contributed by atoms with Gasteiger partial charge in [0.05, 0.1) is 12.6 Å². The molecule has 2 nitrogen and oxygen atoms in total. The Hall–Kier alpha value is -0.450. The maximum atomic E-state index is 5.78. The summed E-state index contributed by atoms with van der Waals surface area (Å²) in [6.07, 6.45) is 4.51. The first kappa shape index (κ1) is 14.9. The molecule has 1 aromatic carbocycles. The topological polar surface area (TPSA) is 21.3 Å². The molecule has 1 aliphatic rings. The smallest absolute Gasteiger partial charge is 0.110 e. The van der Waals surface area contributed by atoms with Crippen molar-refractivity contribution < 1.29 is 4.74 Å². The first-order valence-electron chi connectivity index (χ1n) is 6.74. The number of hydrogen-bond donors (Lipinski definition) is 1. The fourth-order valence-corrected chi connectivity index (χ4v) is 3.62. The van der Waals surface area contributed by atoms with Gasteiger partial charge in [-0.3, -0.25) is 0 Å². The van der Waals surface area contributed by atoms with Gasteiger partial charge in [0.25, 0.3) is 0 Å². The number of ether oxygens (including phenoxy) is 1. The molecule has 1 aromatic rings. The molecule has 4 heteroatoms. The van der Waals surface area contributed by atoms with E-state index in [1.165, 1.54) is 4.90 Å². The van der Waals surface area contributed by atoms with Gasteiger partial charge in [-0.05, 0) is 43.7 Å². The molecule has 1 atom stereocenters. The van der Waals surface area contributed by atoms with E-state index in [2.05, 4.69) is 58.5 Å². The molecule has 0 amide bonds. The van der Waals surface area contributed by atoms with Crippen molar-refractivity contribution in [3.63, 3.8) is 0 Å². The molecule has 104 valence electrons. The van der Waals surface area contributed by atoms with Crippen LogP contribution in [0.2, 0.25) is 0 Å². The van der Waals surface area contributed by atoms with E-state index in [1.54, 1.807) is 0 Å². The minimum absolute atomic E-state index is 0.314. The van der Waals surface area contributed by atoms with E-state index in [9.17, 15) is 0 Å². The average molecular weight is 342 g/mol. The predicted molar refractivity (Wildman–Crippen MR) is 85.6 cm³/mol. The molecule has 0 saturated heterocycles. The first-order chi connectivity index (χ1) is 9.29. The zero-order chi connectivity index (χ0) is 13.5. The van der Waals surface area contributed by atoms with Crippen molar-refractivity contribution in [1.29, 1.82) is 0 Å². The highest BCUT2D eigenvalue weighted by molar-refractivity contribution is 9.10. The maximum absolute atomic E-state index is 5.78. The van der Waals surface area contributed by atoms with Crippen LogP contribution in [0.1, 0.15) is 19.8 Å². The van der Waals surface area contributed by atoms with Gasteiger partial charge in [-0.25, -0.2) is 0 Å². The van der Waals surface area contributed by atoms with Crippen LogP contribution in [-0.2, 0) is 4.74 Å². The van der Waals surface area contributed by atoms with Crippen LogP contribution in [-0.4, -0.2) is 24.9 Å². The van der Waals surface area contributed by atoms with Gasteiger partial charge in [0.2, 0.25) is 0 Å². The standard InChI is InChI=1S/C15H20BrNOS/c1-2-17-14(15-8-3-4-9-18-15)11-19-13-7-5-6-12(16)10-13/h5-8,10,14,17H,2-4,9,11H2,1H3. The largest absolute Gasteiger partial charge is 0.497 e. The third-order valence-electron chi connectivity index (χ3n) is 2.97. The van der Waals surface area contributed by atoms with Crippen LogP contribution in [0.4, 0.5) is 0 Å². The van der Waals surface area contributed by atoms with Crippen LogP contribution < -0.4 is 5.32 Å². The van der Waals surface area contributed by atoms with Crippen molar-refractivity contribution in [2.45, 2.75) is 30.7 Å². The maximum Gasteiger partial charge on any atom is 0.110 e. The summed E-state index contributed by atoms with van der Waals surface area (Å²) in [6, 6.07) is 8.75. The lowest BCUT2D eigenvalue weighted by molar-refractivity contribution is 0.172. The van der Waals surface area contributed by atoms with Gasteiger partial charge in [0.1, 0.15) is 5.76 Å². The number of likely N-dealkylation sites (N-methyl/N-ethyl adjacent to an activating group) is 1. The van der Waals surface area contributed by atoms with Gasteiger partial charge in [-0.15, -0.1) is 11.8 Å². The van der Waals surface area contributed by atoms with Crippen LogP contribution in [0, 0.1) is 0 Å². The monoisotopic (exact) mass is 341 g/mol. The second kappa shape index (κ2) is 7.98. The number of benzene rings is 1. The molecule has 0 radical (unpaired) electrons. The van der Waals surface area contributed by atoms with Crippen molar-refractivity contribution in [3.05, 3.63) is 40.6 Å². The summed E-state index contributed by atoms with van der Waals surface area (Å²) in [5.41, 5.74) is 0. The molecular weight excluding hydrogens is 322 g/mol. The van der Waals surface area contributed by atoms with E-state index in [0.29, 0.717) is 6.04 Å². The van der Waals surface area contributed by atoms with Crippen LogP contribution >= 0.6 is 27.7 Å². The van der Waals surface area contributed by atoms with E-state index in [0.717, 1.165) is 42.0 Å². The molecule has 0 saturated carbocycles. The lowest BCUT2D eigenvalue weighted by Gasteiger charge is -2.24. The van der Waals surface area contributed by atoms with Crippen molar-refractivity contribution in [2.75, 3.05) is 18.9 Å². The molecule has 1 N–H and O–H groups in total. The predicted octanol–water partition coefficient (Wildman–Crippen LogP) is 4.21. The normalized spacial score (nSPS) is 16.6. The highest BCUT2D eigenvalue weighted by atomic mass is 79.9. The van der Waals surface area contributed by atoms with Gasteiger partial charge >= 0.3 is 0 Å². The lowest BCUT2D eigenvalue weighted by atomic mass is 10.1. The average Bonchev–Trinajstić information content (AvgIpc) is 2.44. The second-order valence-corrected chi connectivity index (χ2v) is 6.48. The SMILES string of the molecule is CCNC(CSc1cccc(Br)c1)C1=CCCCO1. The number of halogens is 1. The number of allylic oxidation sites excluding steroid dienone is 1. The molecule has 1 aliphatic heterocycles. The zero-order valence-electron chi connectivity index (χ0n) is 11.2. The van der Waals surface area contributed by atoms with Crippen LogP contribution in [0.25, 0.3) is 0 Å². The zero-order valence-corrected chi connectivity index (χ0v) is 13.6. The second-order valence-electron chi connectivity index (χ2n) is 4.48. The fraction of sp³-hybridized carbons (Fsp3) is 0.467. The third-order valence-corrected chi connectivity index (χ3v) is 4.55. The van der Waals surface area contributed by atoms with Crippen LogP contribution in [0.5, 0.6) is 0 Å². The van der Waals surface area contributed by atoms with Gasteiger partial charge in [-0.1, -0.05) is 28.9 Å². The number of nitrogens with one attached hydrogen (secondary N) is 1. The van der Waals surface area contributed by atoms with Crippen molar-refractivity contribution in [1.82, 2.24) is 5.32 Å². The molecule has 0 fully saturated rings. The summed E-state index contributed by atoms with van der Waals surface area (Å²) in [7, 11) is 0. The van der Waals surface area contributed by atoms with E-state index in [-0.39, 0.29) is 0 Å². The minimum Gasteiger partial charge on any atom is -0.497 e. The highest BCUT2D eigenvalue weighted by Crippen LogP contribution is 2.25. The van der Waals surface area contributed by atoms with E-state index in [4.69, 9.17) is 4.74 Å². The molecule has 0 aliphatic carbocycles. The number of hydrogen-bond acceptors (Lipinski definition) is 3. The Bertz CT molecular complexity index is 436. The third kappa shape index (κ3) is 4.86. The molecule has 1 heterocycles. The Morgan fingerprint density at radius 2 is 2.37 bits per heavy atom. The minimum atomic E-state index is 0.314. The van der Waals surface area contributed by atoms with E-state index in [1.807, 2.05) is 11.8 Å². The summed E-state index contributed by atoms with van der Waals surface area (Å²) in [6.45, 7) is 3.96. The molecular formula is C15H20BrNOS. The summed E-state index contributed by atoms with van der Waals surface area (Å²) >= 11 is 5.37. The Morgan fingerprint density at radius 1 is 1.47 bits per heavy atom. The Kier molecular flexibility index (Phi) is 6.28. The molecule has 2 rings (SSSR count). The van der Waals surface area contributed by atoms with Crippen LogP contribution in [0.3, 0.4) is 0 Å². The summed E-state index contributed by atoms with van der Waals surface area (Å²) in [4.78, 5) is 1.29. The Labute approximate surface area is 128 Å². The fourth-order valence-electron chi connectivity index (χ4n) is 2.04. The Morgan fingerprint density at radius 3 is 3.05 bits per heavy atom. The molecule has 0 bridgehead atoms. The molecule has 19 heavy (non-hydrogen) atoms. The van der Waals surface area contributed by atoms with Crippen molar-refractivity contribution >= 4 is 27.7 Å².